The summed E-state index contributed by atoms with van der Waals surface area (Å²) >= 11 is 7.77. The summed E-state index contributed by atoms with van der Waals surface area (Å²) in [5.74, 6) is 1.54. The fourth-order valence-electron chi connectivity index (χ4n) is 2.54. The second-order valence-corrected chi connectivity index (χ2v) is 6.76. The Kier molecular flexibility index (Phi) is 4.15. The van der Waals surface area contributed by atoms with E-state index in [1.807, 2.05) is 53.9 Å². The van der Waals surface area contributed by atoms with Crippen LogP contribution in [0.15, 0.2) is 66.0 Å². The van der Waals surface area contributed by atoms with Crippen molar-refractivity contribution in [1.82, 2.24) is 9.97 Å². The normalized spacial score (nSPS) is 10.9. The number of nitrogens with zero attached hydrogens (tertiary/aromatic N) is 2. The molecule has 1 N–H and O–H groups in total. The Balaban J connectivity index is 1.77. The maximum Gasteiger partial charge on any atom is 0.172 e. The van der Waals surface area contributed by atoms with Crippen LogP contribution in [0.3, 0.4) is 0 Å². The summed E-state index contributed by atoms with van der Waals surface area (Å²) < 4.78 is 0. The summed E-state index contributed by atoms with van der Waals surface area (Å²) in [5.41, 5.74) is 2.05. The number of halogens is 1. The van der Waals surface area contributed by atoms with Gasteiger partial charge in [-0.1, -0.05) is 48.0 Å². The molecular formula is C19H14ClN3S. The molecule has 0 saturated heterocycles. The van der Waals surface area contributed by atoms with Gasteiger partial charge in [0.25, 0.3) is 0 Å². The molecule has 4 aromatic rings. The van der Waals surface area contributed by atoms with Crippen molar-refractivity contribution in [3.8, 4) is 10.7 Å². The molecule has 0 spiro atoms. The first-order chi connectivity index (χ1) is 11.8. The van der Waals surface area contributed by atoms with E-state index in [0.29, 0.717) is 11.6 Å². The lowest BCUT2D eigenvalue weighted by atomic mass is 10.2. The average Bonchev–Trinajstić information content (AvgIpc) is 3.14. The molecule has 0 atom stereocenters. The zero-order valence-electron chi connectivity index (χ0n) is 12.7. The highest BCUT2D eigenvalue weighted by Crippen LogP contribution is 2.29. The fraction of sp³-hybridized carbons (Fsp3) is 0.0526. The number of aromatic nitrogens is 2. The maximum absolute atomic E-state index is 6.14. The summed E-state index contributed by atoms with van der Waals surface area (Å²) in [6.07, 6.45) is 0. The first-order valence-corrected chi connectivity index (χ1v) is 8.84. The third-order valence-corrected chi connectivity index (χ3v) is 4.80. The first kappa shape index (κ1) is 15.1. The van der Waals surface area contributed by atoms with Gasteiger partial charge < -0.3 is 5.32 Å². The second-order valence-electron chi connectivity index (χ2n) is 5.37. The average molecular weight is 352 g/mol. The molecule has 2 heterocycles. The standard InChI is InChI=1S/C19H14ClN3S/c20-14-8-9-15-16(11-14)22-19(17-7-4-10-24-17)23-18(15)21-12-13-5-2-1-3-6-13/h1-11H,12H2,(H,21,22,23). The van der Waals surface area contributed by atoms with Crippen molar-refractivity contribution in [2.75, 3.05) is 5.32 Å². The van der Waals surface area contributed by atoms with Crippen LogP contribution in [-0.2, 0) is 6.54 Å². The largest absolute Gasteiger partial charge is 0.365 e. The number of hydrogen-bond acceptors (Lipinski definition) is 4. The molecule has 0 aliphatic rings. The summed E-state index contributed by atoms with van der Waals surface area (Å²) in [7, 11) is 0. The molecule has 4 rings (SSSR count). The molecule has 0 radical (unpaired) electrons. The minimum atomic E-state index is 0.673. The quantitative estimate of drug-likeness (QED) is 0.518. The molecule has 3 nitrogen and oxygen atoms in total. The molecule has 0 amide bonds. The van der Waals surface area contributed by atoms with Crippen LogP contribution in [0.5, 0.6) is 0 Å². The third-order valence-electron chi connectivity index (χ3n) is 3.70. The van der Waals surface area contributed by atoms with E-state index in [2.05, 4.69) is 22.4 Å². The minimum absolute atomic E-state index is 0.673. The smallest absolute Gasteiger partial charge is 0.172 e. The van der Waals surface area contributed by atoms with Gasteiger partial charge in [-0.25, -0.2) is 9.97 Å². The van der Waals surface area contributed by atoms with E-state index in [0.717, 1.165) is 27.4 Å². The molecule has 24 heavy (non-hydrogen) atoms. The van der Waals surface area contributed by atoms with Gasteiger partial charge in [-0.15, -0.1) is 11.3 Å². The summed E-state index contributed by atoms with van der Waals surface area (Å²) in [6.45, 7) is 0.708. The molecule has 0 saturated carbocycles. The number of nitrogens with one attached hydrogen (secondary N) is 1. The van der Waals surface area contributed by atoms with Gasteiger partial charge in [-0.05, 0) is 35.2 Å². The van der Waals surface area contributed by atoms with Crippen LogP contribution in [0.25, 0.3) is 21.6 Å². The van der Waals surface area contributed by atoms with Gasteiger partial charge in [0.1, 0.15) is 5.82 Å². The van der Waals surface area contributed by atoms with Gasteiger partial charge in [-0.2, -0.15) is 0 Å². The van der Waals surface area contributed by atoms with E-state index < -0.39 is 0 Å². The molecule has 0 bridgehead atoms. The van der Waals surface area contributed by atoms with E-state index in [1.165, 1.54) is 5.56 Å². The Morgan fingerprint density at radius 1 is 0.958 bits per heavy atom. The van der Waals surface area contributed by atoms with Gasteiger partial charge in [0, 0.05) is 17.0 Å². The summed E-state index contributed by atoms with van der Waals surface area (Å²) in [5, 5.41) is 7.10. The van der Waals surface area contributed by atoms with Crippen molar-refractivity contribution in [3.05, 3.63) is 76.6 Å². The number of hydrogen-bond donors (Lipinski definition) is 1. The lowest BCUT2D eigenvalue weighted by Crippen LogP contribution is -2.04. The van der Waals surface area contributed by atoms with Crippen LogP contribution < -0.4 is 5.32 Å². The lowest BCUT2D eigenvalue weighted by Gasteiger charge is -2.11. The molecule has 5 heteroatoms. The predicted octanol–water partition coefficient (Wildman–Crippen LogP) is 5.62. The van der Waals surface area contributed by atoms with Crippen molar-refractivity contribution >= 4 is 39.7 Å². The van der Waals surface area contributed by atoms with E-state index in [9.17, 15) is 0 Å². The number of anilines is 1. The third kappa shape index (κ3) is 3.11. The molecule has 0 aliphatic heterocycles. The highest BCUT2D eigenvalue weighted by Gasteiger charge is 2.10. The molecular weight excluding hydrogens is 338 g/mol. The van der Waals surface area contributed by atoms with Crippen LogP contribution in [0, 0.1) is 0 Å². The zero-order chi connectivity index (χ0) is 16.4. The summed E-state index contributed by atoms with van der Waals surface area (Å²) in [6, 6.07) is 20.0. The monoisotopic (exact) mass is 351 g/mol. The highest BCUT2D eigenvalue weighted by molar-refractivity contribution is 7.13. The van der Waals surface area contributed by atoms with E-state index >= 15 is 0 Å². The van der Waals surface area contributed by atoms with Gasteiger partial charge in [0.15, 0.2) is 5.82 Å². The minimum Gasteiger partial charge on any atom is -0.365 e. The number of fused-ring (bicyclic) bond motifs is 1. The Bertz CT molecular complexity index is 969. The Hall–Kier alpha value is -2.43. The van der Waals surface area contributed by atoms with Crippen molar-refractivity contribution in [2.45, 2.75) is 6.54 Å². The first-order valence-electron chi connectivity index (χ1n) is 7.58. The predicted molar refractivity (Wildman–Crippen MR) is 102 cm³/mol. The second kappa shape index (κ2) is 6.59. The number of thiophene rings is 1. The highest BCUT2D eigenvalue weighted by atomic mass is 35.5. The van der Waals surface area contributed by atoms with Gasteiger partial charge in [0.2, 0.25) is 0 Å². The van der Waals surface area contributed by atoms with Crippen LogP contribution in [0.4, 0.5) is 5.82 Å². The number of rotatable bonds is 4. The van der Waals surface area contributed by atoms with E-state index in [4.69, 9.17) is 16.6 Å². The molecule has 2 aromatic carbocycles. The van der Waals surface area contributed by atoms with Crippen molar-refractivity contribution in [2.24, 2.45) is 0 Å². The van der Waals surface area contributed by atoms with E-state index in [1.54, 1.807) is 11.3 Å². The van der Waals surface area contributed by atoms with Gasteiger partial charge in [-0.3, -0.25) is 0 Å². The maximum atomic E-state index is 6.14. The zero-order valence-corrected chi connectivity index (χ0v) is 14.3. The SMILES string of the molecule is Clc1ccc2c(NCc3ccccc3)nc(-c3cccs3)nc2c1. The van der Waals surface area contributed by atoms with Crippen LogP contribution in [0.1, 0.15) is 5.56 Å². The lowest BCUT2D eigenvalue weighted by molar-refractivity contribution is 1.11. The van der Waals surface area contributed by atoms with Crippen LogP contribution in [0.2, 0.25) is 5.02 Å². The number of benzene rings is 2. The van der Waals surface area contributed by atoms with Gasteiger partial charge >= 0.3 is 0 Å². The molecule has 0 fully saturated rings. The fourth-order valence-corrected chi connectivity index (χ4v) is 3.36. The van der Waals surface area contributed by atoms with Crippen molar-refractivity contribution in [1.29, 1.82) is 0 Å². The molecule has 2 aromatic heterocycles. The molecule has 0 unspecified atom stereocenters. The summed E-state index contributed by atoms with van der Waals surface area (Å²) in [4.78, 5) is 10.4. The van der Waals surface area contributed by atoms with Gasteiger partial charge in [0.05, 0.1) is 10.4 Å². The van der Waals surface area contributed by atoms with Crippen molar-refractivity contribution in [3.63, 3.8) is 0 Å². The molecule has 0 aliphatic carbocycles. The van der Waals surface area contributed by atoms with Crippen LogP contribution >= 0.6 is 22.9 Å². The Morgan fingerprint density at radius 2 is 1.83 bits per heavy atom. The van der Waals surface area contributed by atoms with E-state index in [-0.39, 0.29) is 0 Å². The van der Waals surface area contributed by atoms with Crippen molar-refractivity contribution < 1.29 is 0 Å². The van der Waals surface area contributed by atoms with Crippen LogP contribution in [-0.4, -0.2) is 9.97 Å². The Morgan fingerprint density at radius 3 is 2.62 bits per heavy atom. The topological polar surface area (TPSA) is 37.8 Å². The molecule has 118 valence electrons. The Labute approximate surface area is 149 Å².